The molecule has 0 aliphatic carbocycles. The molecule has 150 valence electrons. The van der Waals surface area contributed by atoms with E-state index in [1.165, 1.54) is 4.88 Å². The van der Waals surface area contributed by atoms with Crippen LogP contribution in [0.25, 0.3) is 0 Å². The third-order valence-corrected chi connectivity index (χ3v) is 5.68. The van der Waals surface area contributed by atoms with Crippen molar-refractivity contribution in [1.29, 1.82) is 0 Å². The molecule has 7 heteroatoms. The smallest absolute Gasteiger partial charge is 0.262 e. The van der Waals surface area contributed by atoms with Crippen molar-refractivity contribution >= 4 is 28.8 Å². The first-order valence-electron chi connectivity index (χ1n) is 9.70. The summed E-state index contributed by atoms with van der Waals surface area (Å²) >= 11 is 1.69. The summed E-state index contributed by atoms with van der Waals surface area (Å²) in [6.45, 7) is 5.41. The maximum atomic E-state index is 12.7. The number of ether oxygens (including phenoxy) is 1. The fraction of sp³-hybridized carbons (Fsp3) is 0.429. The lowest BCUT2D eigenvalue weighted by Crippen LogP contribution is -2.55. The Balaban J connectivity index is 1.67. The molecule has 0 spiro atoms. The van der Waals surface area contributed by atoms with Gasteiger partial charge in [-0.1, -0.05) is 25.1 Å². The van der Waals surface area contributed by atoms with Crippen molar-refractivity contribution in [1.82, 2.24) is 10.6 Å². The van der Waals surface area contributed by atoms with Crippen LogP contribution in [0.15, 0.2) is 41.8 Å². The van der Waals surface area contributed by atoms with Crippen LogP contribution in [0.1, 0.15) is 25.1 Å². The standard InChI is InChI=1S/C21H27N3O3S/c1-3-11-22-21(26)19-14-24(17-8-4-5-9-18(17)27-19)15(2)20(25)23-12-10-16-7-6-13-28-16/h4-9,13,15,19H,3,10-12,14H2,1-2H3,(H,22,26)(H,23,25)/t15-,19-/m0/s1. The summed E-state index contributed by atoms with van der Waals surface area (Å²) in [5, 5.41) is 7.93. The average molecular weight is 402 g/mol. The number of amides is 2. The van der Waals surface area contributed by atoms with Gasteiger partial charge in [0.15, 0.2) is 6.10 Å². The zero-order valence-corrected chi connectivity index (χ0v) is 17.1. The average Bonchev–Trinajstić information content (AvgIpc) is 3.24. The maximum absolute atomic E-state index is 12.7. The predicted molar refractivity (Wildman–Crippen MR) is 112 cm³/mol. The number of nitrogens with one attached hydrogen (secondary N) is 2. The molecule has 2 heterocycles. The molecule has 2 aromatic rings. The molecule has 0 fully saturated rings. The Kier molecular flexibility index (Phi) is 6.92. The van der Waals surface area contributed by atoms with Crippen molar-refractivity contribution in [3.63, 3.8) is 0 Å². The Labute approximate surface area is 169 Å². The molecule has 1 aromatic carbocycles. The van der Waals surface area contributed by atoms with Crippen LogP contribution < -0.4 is 20.3 Å². The van der Waals surface area contributed by atoms with Gasteiger partial charge in [0.2, 0.25) is 5.91 Å². The second-order valence-electron chi connectivity index (χ2n) is 6.81. The molecule has 0 saturated carbocycles. The Morgan fingerprint density at radius 1 is 1.21 bits per heavy atom. The summed E-state index contributed by atoms with van der Waals surface area (Å²) < 4.78 is 5.90. The maximum Gasteiger partial charge on any atom is 0.262 e. The van der Waals surface area contributed by atoms with Crippen LogP contribution in [-0.4, -0.2) is 43.6 Å². The fourth-order valence-electron chi connectivity index (χ4n) is 3.18. The van der Waals surface area contributed by atoms with Crippen LogP contribution in [0, 0.1) is 0 Å². The van der Waals surface area contributed by atoms with E-state index < -0.39 is 12.1 Å². The molecule has 0 bridgehead atoms. The number of fused-ring (bicyclic) bond motifs is 1. The van der Waals surface area contributed by atoms with Gasteiger partial charge in [-0.05, 0) is 43.3 Å². The van der Waals surface area contributed by atoms with E-state index in [-0.39, 0.29) is 11.8 Å². The molecular weight excluding hydrogens is 374 g/mol. The molecule has 1 aromatic heterocycles. The molecule has 0 saturated heterocycles. The first kappa shape index (κ1) is 20.2. The van der Waals surface area contributed by atoms with Crippen LogP contribution in [0.2, 0.25) is 0 Å². The third-order valence-electron chi connectivity index (χ3n) is 4.75. The summed E-state index contributed by atoms with van der Waals surface area (Å²) in [4.78, 5) is 28.4. The van der Waals surface area contributed by atoms with Crippen LogP contribution in [0.5, 0.6) is 5.75 Å². The quantitative estimate of drug-likeness (QED) is 0.713. The normalized spacial score (nSPS) is 16.6. The molecule has 3 rings (SSSR count). The number of nitrogens with zero attached hydrogens (tertiary/aromatic N) is 1. The molecule has 2 atom stereocenters. The summed E-state index contributed by atoms with van der Waals surface area (Å²) in [6.07, 6.45) is 1.04. The van der Waals surface area contributed by atoms with E-state index in [1.54, 1.807) is 11.3 Å². The zero-order valence-electron chi connectivity index (χ0n) is 16.3. The number of para-hydroxylation sites is 2. The van der Waals surface area contributed by atoms with Crippen molar-refractivity contribution < 1.29 is 14.3 Å². The van der Waals surface area contributed by atoms with Gasteiger partial charge < -0.3 is 20.3 Å². The summed E-state index contributed by atoms with van der Waals surface area (Å²) in [5.74, 6) is 0.427. The minimum atomic E-state index is -0.636. The number of carbonyl (C=O) groups excluding carboxylic acids is 2. The summed E-state index contributed by atoms with van der Waals surface area (Å²) in [6, 6.07) is 11.2. The monoisotopic (exact) mass is 401 g/mol. The van der Waals surface area contributed by atoms with Gasteiger partial charge in [-0.25, -0.2) is 0 Å². The van der Waals surface area contributed by atoms with Gasteiger partial charge in [0, 0.05) is 18.0 Å². The first-order chi connectivity index (χ1) is 13.6. The van der Waals surface area contributed by atoms with Crippen LogP contribution in [0.4, 0.5) is 5.69 Å². The van der Waals surface area contributed by atoms with Gasteiger partial charge >= 0.3 is 0 Å². The highest BCUT2D eigenvalue weighted by Gasteiger charge is 2.34. The molecule has 2 amide bonds. The van der Waals surface area contributed by atoms with Gasteiger partial charge in [0.05, 0.1) is 12.2 Å². The first-order valence-corrected chi connectivity index (χ1v) is 10.6. The van der Waals surface area contributed by atoms with E-state index in [0.29, 0.717) is 25.4 Å². The van der Waals surface area contributed by atoms with Crippen molar-refractivity contribution in [2.24, 2.45) is 0 Å². The Morgan fingerprint density at radius 2 is 2.04 bits per heavy atom. The van der Waals surface area contributed by atoms with Gasteiger partial charge in [-0.2, -0.15) is 0 Å². The molecule has 2 N–H and O–H groups in total. The number of hydrogen-bond acceptors (Lipinski definition) is 5. The number of benzene rings is 1. The highest BCUT2D eigenvalue weighted by Crippen LogP contribution is 2.34. The number of anilines is 1. The Morgan fingerprint density at radius 3 is 2.79 bits per heavy atom. The van der Waals surface area contributed by atoms with Crippen molar-refractivity contribution in [3.05, 3.63) is 46.7 Å². The van der Waals surface area contributed by atoms with E-state index in [9.17, 15) is 9.59 Å². The highest BCUT2D eigenvalue weighted by molar-refractivity contribution is 7.09. The molecule has 28 heavy (non-hydrogen) atoms. The number of thiophene rings is 1. The van der Waals surface area contributed by atoms with Gasteiger partial charge in [-0.3, -0.25) is 9.59 Å². The minimum Gasteiger partial charge on any atom is -0.477 e. The lowest BCUT2D eigenvalue weighted by atomic mass is 10.1. The van der Waals surface area contributed by atoms with Crippen LogP contribution >= 0.6 is 11.3 Å². The molecule has 0 unspecified atom stereocenters. The second kappa shape index (κ2) is 9.59. The highest BCUT2D eigenvalue weighted by atomic mass is 32.1. The molecule has 6 nitrogen and oxygen atoms in total. The van der Waals surface area contributed by atoms with Crippen LogP contribution in [-0.2, 0) is 16.0 Å². The molecule has 0 radical (unpaired) electrons. The number of rotatable bonds is 8. The molecular formula is C21H27N3O3S. The minimum absolute atomic E-state index is 0.0547. The van der Waals surface area contributed by atoms with E-state index >= 15 is 0 Å². The third kappa shape index (κ3) is 4.84. The molecule has 1 aliphatic rings. The Hall–Kier alpha value is -2.54. The molecule has 1 aliphatic heterocycles. The van der Waals surface area contributed by atoms with Crippen molar-refractivity contribution in [2.45, 2.75) is 38.8 Å². The summed E-state index contributed by atoms with van der Waals surface area (Å²) in [5.41, 5.74) is 0.836. The SMILES string of the molecule is CCCNC(=O)[C@@H]1CN([C@@H](C)C(=O)NCCc2cccs2)c2ccccc2O1. The predicted octanol–water partition coefficient (Wildman–Crippen LogP) is 2.59. The second-order valence-corrected chi connectivity index (χ2v) is 7.85. The summed E-state index contributed by atoms with van der Waals surface area (Å²) in [7, 11) is 0. The van der Waals surface area contributed by atoms with Crippen molar-refractivity contribution in [3.8, 4) is 5.75 Å². The topological polar surface area (TPSA) is 70.7 Å². The fourth-order valence-corrected chi connectivity index (χ4v) is 3.89. The number of hydrogen-bond donors (Lipinski definition) is 2. The largest absolute Gasteiger partial charge is 0.477 e. The lowest BCUT2D eigenvalue weighted by molar-refractivity contribution is -0.128. The zero-order chi connectivity index (χ0) is 19.9. The van der Waals surface area contributed by atoms with Gasteiger partial charge in [0.25, 0.3) is 5.91 Å². The van der Waals surface area contributed by atoms with Gasteiger partial charge in [-0.15, -0.1) is 11.3 Å². The van der Waals surface area contributed by atoms with E-state index in [2.05, 4.69) is 16.7 Å². The van der Waals surface area contributed by atoms with Crippen molar-refractivity contribution in [2.75, 3.05) is 24.5 Å². The lowest BCUT2D eigenvalue weighted by Gasteiger charge is -2.38. The van der Waals surface area contributed by atoms with Crippen LogP contribution in [0.3, 0.4) is 0 Å². The van der Waals surface area contributed by atoms with E-state index in [4.69, 9.17) is 4.74 Å². The van der Waals surface area contributed by atoms with Gasteiger partial charge in [0.1, 0.15) is 11.8 Å². The van der Waals surface area contributed by atoms with E-state index in [0.717, 1.165) is 18.5 Å². The van der Waals surface area contributed by atoms with E-state index in [1.807, 2.05) is 54.5 Å². The number of carbonyl (C=O) groups is 2. The Bertz CT molecular complexity index is 794.